The molecule has 1 heterocycles. The number of nitrogens with zero attached hydrogens (tertiary/aromatic N) is 2. The average Bonchev–Trinajstić information content (AvgIpc) is 3.26. The van der Waals surface area contributed by atoms with Gasteiger partial charge in [0.05, 0.1) is 37.6 Å². The van der Waals surface area contributed by atoms with Crippen molar-refractivity contribution in [3.8, 4) is 11.5 Å². The third kappa shape index (κ3) is 9.08. The SMILES string of the molecule is CCOc1cc(C(CCN(OC(=O)OC(C)(C)C)C(=O)OC(C)(C)C)N2Cc3cccc(NC(=O)C4CCC4)c3C2=O)ccc1OC. The highest BCUT2D eigenvalue weighted by atomic mass is 16.8. The van der Waals surface area contributed by atoms with Crippen LogP contribution in [0.25, 0.3) is 0 Å². The number of benzene rings is 2. The van der Waals surface area contributed by atoms with Crippen LogP contribution >= 0.6 is 0 Å². The fourth-order valence-corrected chi connectivity index (χ4v) is 5.40. The highest BCUT2D eigenvalue weighted by Gasteiger charge is 2.38. The Bertz CT molecular complexity index is 1470. The Morgan fingerprint density at radius 2 is 1.70 bits per heavy atom. The summed E-state index contributed by atoms with van der Waals surface area (Å²) in [5.41, 5.74) is 0.631. The number of carbonyl (C=O) groups is 4. The number of methoxy groups -OCH3 is 1. The molecule has 0 radical (unpaired) electrons. The molecule has 256 valence electrons. The highest BCUT2D eigenvalue weighted by Crippen LogP contribution is 2.40. The van der Waals surface area contributed by atoms with Gasteiger partial charge >= 0.3 is 12.2 Å². The zero-order chi connectivity index (χ0) is 34.5. The van der Waals surface area contributed by atoms with Crippen LogP contribution in [0.4, 0.5) is 15.3 Å². The lowest BCUT2D eigenvalue weighted by atomic mass is 9.84. The van der Waals surface area contributed by atoms with Gasteiger partial charge in [0.2, 0.25) is 5.91 Å². The van der Waals surface area contributed by atoms with E-state index in [1.165, 1.54) is 0 Å². The molecule has 1 atom stereocenters. The second-order valence-electron chi connectivity index (χ2n) is 13.7. The van der Waals surface area contributed by atoms with Gasteiger partial charge in [-0.2, -0.15) is 0 Å². The van der Waals surface area contributed by atoms with Gasteiger partial charge in [0, 0.05) is 12.5 Å². The maximum absolute atomic E-state index is 14.2. The Morgan fingerprint density at radius 3 is 2.30 bits per heavy atom. The van der Waals surface area contributed by atoms with Crippen molar-refractivity contribution in [1.82, 2.24) is 9.96 Å². The molecule has 2 aliphatic rings. The number of hydroxylamine groups is 2. The van der Waals surface area contributed by atoms with Crippen molar-refractivity contribution in [2.24, 2.45) is 5.92 Å². The van der Waals surface area contributed by atoms with Crippen LogP contribution in [0.5, 0.6) is 11.5 Å². The van der Waals surface area contributed by atoms with Crippen LogP contribution in [0.1, 0.15) is 102 Å². The third-order valence-electron chi connectivity index (χ3n) is 7.73. The molecule has 47 heavy (non-hydrogen) atoms. The molecular weight excluding hydrogens is 606 g/mol. The molecule has 0 bridgehead atoms. The number of fused-ring (bicyclic) bond motifs is 1. The van der Waals surface area contributed by atoms with E-state index >= 15 is 0 Å². The maximum atomic E-state index is 14.2. The number of nitrogens with one attached hydrogen (secondary N) is 1. The average molecular weight is 654 g/mol. The molecule has 12 nitrogen and oxygen atoms in total. The monoisotopic (exact) mass is 653 g/mol. The Kier molecular flexibility index (Phi) is 10.9. The summed E-state index contributed by atoms with van der Waals surface area (Å²) in [5.74, 6) is 0.599. The van der Waals surface area contributed by atoms with E-state index in [1.807, 2.05) is 25.1 Å². The molecule has 12 heteroatoms. The largest absolute Gasteiger partial charge is 0.534 e. The summed E-state index contributed by atoms with van der Waals surface area (Å²) >= 11 is 0. The number of anilines is 1. The first-order valence-electron chi connectivity index (χ1n) is 16.1. The summed E-state index contributed by atoms with van der Waals surface area (Å²) < 4.78 is 22.2. The van der Waals surface area contributed by atoms with E-state index in [9.17, 15) is 19.2 Å². The molecule has 0 saturated heterocycles. The van der Waals surface area contributed by atoms with Gasteiger partial charge in [0.25, 0.3) is 5.91 Å². The first-order valence-corrected chi connectivity index (χ1v) is 16.1. The van der Waals surface area contributed by atoms with Crippen molar-refractivity contribution < 1.29 is 43.0 Å². The van der Waals surface area contributed by atoms with Gasteiger partial charge in [-0.1, -0.05) is 24.6 Å². The predicted molar refractivity (Wildman–Crippen MR) is 174 cm³/mol. The van der Waals surface area contributed by atoms with Gasteiger partial charge in [-0.15, -0.1) is 5.06 Å². The second kappa shape index (κ2) is 14.5. The molecule has 2 aromatic rings. The summed E-state index contributed by atoms with van der Waals surface area (Å²) in [6.45, 7) is 12.5. The Balaban J connectivity index is 1.68. The summed E-state index contributed by atoms with van der Waals surface area (Å²) in [6.07, 6.45) is 0.875. The van der Waals surface area contributed by atoms with E-state index in [4.69, 9.17) is 23.8 Å². The topological polar surface area (TPSA) is 133 Å². The van der Waals surface area contributed by atoms with Crippen LogP contribution < -0.4 is 14.8 Å². The number of hydrogen-bond acceptors (Lipinski definition) is 9. The minimum absolute atomic E-state index is 0.0497. The smallest absolute Gasteiger partial charge is 0.493 e. The fourth-order valence-electron chi connectivity index (χ4n) is 5.40. The molecule has 1 aliphatic carbocycles. The summed E-state index contributed by atoms with van der Waals surface area (Å²) in [5, 5.41) is 3.79. The van der Waals surface area contributed by atoms with Gasteiger partial charge in [-0.25, -0.2) is 9.59 Å². The minimum atomic E-state index is -1.07. The van der Waals surface area contributed by atoms with Crippen molar-refractivity contribution >= 4 is 29.8 Å². The maximum Gasteiger partial charge on any atom is 0.534 e. The fraction of sp³-hybridized carbons (Fsp3) is 0.543. The lowest BCUT2D eigenvalue weighted by Crippen LogP contribution is -2.41. The van der Waals surface area contributed by atoms with Crippen molar-refractivity contribution in [1.29, 1.82) is 0 Å². The summed E-state index contributed by atoms with van der Waals surface area (Å²) in [4.78, 5) is 60.0. The van der Waals surface area contributed by atoms with E-state index in [0.29, 0.717) is 34.9 Å². The number of ether oxygens (including phenoxy) is 4. The van der Waals surface area contributed by atoms with E-state index < -0.39 is 29.5 Å². The number of hydrogen-bond donors (Lipinski definition) is 1. The van der Waals surface area contributed by atoms with Crippen LogP contribution in [-0.4, -0.2) is 65.5 Å². The molecule has 0 spiro atoms. The normalized spacial score (nSPS) is 15.2. The van der Waals surface area contributed by atoms with Crippen LogP contribution in [-0.2, 0) is 25.7 Å². The van der Waals surface area contributed by atoms with E-state index in [1.54, 1.807) is 71.8 Å². The van der Waals surface area contributed by atoms with Crippen molar-refractivity contribution in [3.63, 3.8) is 0 Å². The number of amides is 3. The van der Waals surface area contributed by atoms with Gasteiger partial charge in [0.1, 0.15) is 11.2 Å². The molecule has 0 aromatic heterocycles. The van der Waals surface area contributed by atoms with E-state index in [2.05, 4.69) is 5.32 Å². The second-order valence-corrected chi connectivity index (χ2v) is 13.7. The highest BCUT2D eigenvalue weighted by molar-refractivity contribution is 6.07. The van der Waals surface area contributed by atoms with Gasteiger partial charge in [0.15, 0.2) is 11.5 Å². The Morgan fingerprint density at radius 1 is 1.00 bits per heavy atom. The van der Waals surface area contributed by atoms with Gasteiger partial charge < -0.3 is 34.0 Å². The van der Waals surface area contributed by atoms with Gasteiger partial charge in [-0.3, -0.25) is 9.59 Å². The standard InChI is InChI=1S/C35H47N3O9/c1-9-44-28-20-23(16-17-27(28)43-8)26(18-19-38(32(41)45-34(2,3)4)47-33(42)46-35(5,6)7)37-21-24-14-11-15-25(29(24)31(37)40)36-30(39)22-12-10-13-22/h11,14-17,20,22,26H,9-10,12-13,18-19,21H2,1-8H3,(H,36,39). The zero-order valence-corrected chi connectivity index (χ0v) is 28.6. The van der Waals surface area contributed by atoms with Crippen molar-refractivity contribution in [3.05, 3.63) is 53.1 Å². The van der Waals surface area contributed by atoms with Crippen LogP contribution in [0.15, 0.2) is 36.4 Å². The minimum Gasteiger partial charge on any atom is -0.493 e. The first kappa shape index (κ1) is 35.4. The van der Waals surface area contributed by atoms with Crippen molar-refractivity contribution in [2.45, 2.75) is 97.9 Å². The van der Waals surface area contributed by atoms with Crippen LogP contribution in [0.3, 0.4) is 0 Å². The predicted octanol–water partition coefficient (Wildman–Crippen LogP) is 7.02. The molecule has 3 amide bonds. The van der Waals surface area contributed by atoms with E-state index in [-0.39, 0.29) is 37.2 Å². The van der Waals surface area contributed by atoms with Crippen LogP contribution in [0, 0.1) is 5.92 Å². The lowest BCUT2D eigenvalue weighted by molar-refractivity contribution is -0.137. The molecule has 4 rings (SSSR count). The molecule has 1 aliphatic heterocycles. The molecule has 2 aromatic carbocycles. The van der Waals surface area contributed by atoms with Crippen LogP contribution in [0.2, 0.25) is 0 Å². The Hall–Kier alpha value is -4.48. The summed E-state index contributed by atoms with van der Waals surface area (Å²) in [6, 6.07) is 10.2. The molecular formula is C35H47N3O9. The first-order chi connectivity index (χ1) is 22.1. The van der Waals surface area contributed by atoms with Crippen molar-refractivity contribution in [2.75, 3.05) is 25.6 Å². The zero-order valence-electron chi connectivity index (χ0n) is 28.6. The number of rotatable bonds is 10. The third-order valence-corrected chi connectivity index (χ3v) is 7.73. The molecule has 1 unspecified atom stereocenters. The molecule has 1 N–H and O–H groups in total. The molecule has 1 saturated carbocycles. The Labute approximate surface area is 276 Å². The molecule has 1 fully saturated rings. The summed E-state index contributed by atoms with van der Waals surface area (Å²) in [7, 11) is 1.54. The van der Waals surface area contributed by atoms with Gasteiger partial charge in [-0.05, 0) is 97.1 Å². The quantitative estimate of drug-likeness (QED) is 0.212. The lowest BCUT2D eigenvalue weighted by Gasteiger charge is -2.32. The van der Waals surface area contributed by atoms with E-state index in [0.717, 1.165) is 29.9 Å². The number of carbonyl (C=O) groups excluding carboxylic acids is 4.